The number of anilines is 1. The second-order valence-electron chi connectivity index (χ2n) is 6.66. The minimum atomic E-state index is -4.03. The van der Waals surface area contributed by atoms with Gasteiger partial charge in [-0.1, -0.05) is 6.07 Å². The first-order chi connectivity index (χ1) is 14.8. The molecule has 2 aromatic rings. The molecule has 0 saturated carbocycles. The van der Waals surface area contributed by atoms with Gasteiger partial charge < -0.3 is 14.8 Å². The standard InChI is InChI=1S/C19H23N3O8S2/c1-12(22-32(27,28)16-9-7-15(29-3)8-10-16)19(24)30-13(2)18(23)21-14-5-4-6-17(11-14)31(20,25)26/h4-13,22H,1-3H3,(H,21,23)(H2,20,25,26)/t12-,13?/m0/s1. The number of primary sulfonamides is 1. The molecule has 0 aromatic heterocycles. The van der Waals surface area contributed by atoms with Gasteiger partial charge in [0.05, 0.1) is 16.9 Å². The van der Waals surface area contributed by atoms with Gasteiger partial charge in [-0.3, -0.25) is 9.59 Å². The molecule has 2 aromatic carbocycles. The Kier molecular flexibility index (Phi) is 7.96. The zero-order valence-electron chi connectivity index (χ0n) is 17.4. The maximum Gasteiger partial charge on any atom is 0.324 e. The fraction of sp³-hybridized carbons (Fsp3) is 0.263. The number of nitrogens with two attached hydrogens (primary N) is 1. The first kappa shape index (κ1) is 25.3. The lowest BCUT2D eigenvalue weighted by atomic mass is 10.3. The second-order valence-corrected chi connectivity index (χ2v) is 9.94. The van der Waals surface area contributed by atoms with E-state index in [-0.39, 0.29) is 15.5 Å². The fourth-order valence-electron chi connectivity index (χ4n) is 2.43. The fourth-order valence-corrected chi connectivity index (χ4v) is 4.18. The van der Waals surface area contributed by atoms with Crippen molar-refractivity contribution in [3.63, 3.8) is 0 Å². The normalized spacial score (nSPS) is 13.6. The van der Waals surface area contributed by atoms with Crippen LogP contribution < -0.4 is 19.9 Å². The molecule has 13 heteroatoms. The van der Waals surface area contributed by atoms with E-state index in [0.717, 1.165) is 6.07 Å². The van der Waals surface area contributed by atoms with Crippen molar-refractivity contribution in [2.75, 3.05) is 12.4 Å². The van der Waals surface area contributed by atoms with E-state index >= 15 is 0 Å². The van der Waals surface area contributed by atoms with Crippen molar-refractivity contribution in [1.29, 1.82) is 0 Å². The summed E-state index contributed by atoms with van der Waals surface area (Å²) in [4.78, 5) is 24.2. The highest BCUT2D eigenvalue weighted by atomic mass is 32.2. The van der Waals surface area contributed by atoms with Crippen molar-refractivity contribution in [1.82, 2.24) is 4.72 Å². The Morgan fingerprint density at radius 1 is 0.969 bits per heavy atom. The third-order valence-electron chi connectivity index (χ3n) is 4.15. The molecule has 1 unspecified atom stereocenters. The lowest BCUT2D eigenvalue weighted by molar-refractivity contribution is -0.154. The number of sulfonamides is 2. The highest BCUT2D eigenvalue weighted by Gasteiger charge is 2.26. The predicted molar refractivity (Wildman–Crippen MR) is 115 cm³/mol. The van der Waals surface area contributed by atoms with Gasteiger partial charge in [-0.15, -0.1) is 0 Å². The van der Waals surface area contributed by atoms with Crippen molar-refractivity contribution in [3.8, 4) is 5.75 Å². The number of nitrogens with one attached hydrogen (secondary N) is 2. The van der Waals surface area contributed by atoms with Gasteiger partial charge in [0.1, 0.15) is 11.8 Å². The van der Waals surface area contributed by atoms with E-state index in [1.54, 1.807) is 0 Å². The number of esters is 1. The van der Waals surface area contributed by atoms with Gasteiger partial charge in [-0.2, -0.15) is 4.72 Å². The molecule has 2 atom stereocenters. The quantitative estimate of drug-likeness (QED) is 0.433. The summed E-state index contributed by atoms with van der Waals surface area (Å²) >= 11 is 0. The minimum Gasteiger partial charge on any atom is -0.497 e. The van der Waals surface area contributed by atoms with E-state index in [0.29, 0.717) is 5.75 Å². The summed E-state index contributed by atoms with van der Waals surface area (Å²) in [5, 5.41) is 7.45. The monoisotopic (exact) mass is 485 g/mol. The number of hydrogen-bond donors (Lipinski definition) is 3. The smallest absolute Gasteiger partial charge is 0.324 e. The number of hydrogen-bond acceptors (Lipinski definition) is 8. The van der Waals surface area contributed by atoms with Gasteiger partial charge in [0.2, 0.25) is 20.0 Å². The van der Waals surface area contributed by atoms with E-state index < -0.39 is 44.1 Å². The molecule has 0 bridgehead atoms. The molecule has 0 heterocycles. The van der Waals surface area contributed by atoms with Crippen molar-refractivity contribution >= 4 is 37.6 Å². The number of ether oxygens (including phenoxy) is 2. The van der Waals surface area contributed by atoms with Crippen LogP contribution in [0, 0.1) is 0 Å². The number of benzene rings is 2. The molecule has 2 rings (SSSR count). The summed E-state index contributed by atoms with van der Waals surface area (Å²) in [5.41, 5.74) is 0.123. The summed E-state index contributed by atoms with van der Waals surface area (Å²) in [6, 6.07) is 9.44. The molecule has 0 fully saturated rings. The Balaban J connectivity index is 1.99. The molecule has 0 aliphatic heterocycles. The molecule has 0 spiro atoms. The van der Waals surface area contributed by atoms with Crippen LogP contribution in [0.4, 0.5) is 5.69 Å². The van der Waals surface area contributed by atoms with Crippen LogP contribution in [-0.4, -0.2) is 48.0 Å². The van der Waals surface area contributed by atoms with Crippen molar-refractivity contribution < 1.29 is 35.9 Å². The number of carbonyl (C=O) groups is 2. The average Bonchev–Trinajstić information content (AvgIpc) is 2.72. The van der Waals surface area contributed by atoms with Crippen molar-refractivity contribution in [2.24, 2.45) is 5.14 Å². The van der Waals surface area contributed by atoms with Crippen LogP contribution in [0.2, 0.25) is 0 Å². The second kappa shape index (κ2) is 10.1. The zero-order chi connectivity index (χ0) is 24.1. The van der Waals surface area contributed by atoms with Crippen LogP contribution in [0.3, 0.4) is 0 Å². The maximum atomic E-state index is 12.4. The lowest BCUT2D eigenvalue weighted by Crippen LogP contribution is -2.42. The van der Waals surface area contributed by atoms with E-state index in [1.165, 1.54) is 63.4 Å². The van der Waals surface area contributed by atoms with Crippen LogP contribution in [0.1, 0.15) is 13.8 Å². The molecule has 11 nitrogen and oxygen atoms in total. The number of carbonyl (C=O) groups excluding carboxylic acids is 2. The number of rotatable bonds is 9. The Labute approximate surface area is 186 Å². The Morgan fingerprint density at radius 3 is 2.16 bits per heavy atom. The average molecular weight is 486 g/mol. The molecule has 0 aliphatic carbocycles. The van der Waals surface area contributed by atoms with Crippen LogP contribution in [0.15, 0.2) is 58.3 Å². The Hall–Kier alpha value is -3.00. The lowest BCUT2D eigenvalue weighted by Gasteiger charge is -2.18. The number of amides is 1. The van der Waals surface area contributed by atoms with E-state index in [1.807, 2.05) is 0 Å². The van der Waals surface area contributed by atoms with Crippen molar-refractivity contribution in [3.05, 3.63) is 48.5 Å². The molecule has 0 aliphatic rings. The first-order valence-electron chi connectivity index (χ1n) is 9.14. The highest BCUT2D eigenvalue weighted by Crippen LogP contribution is 2.17. The molecule has 174 valence electrons. The topological polar surface area (TPSA) is 171 Å². The maximum absolute atomic E-state index is 12.4. The summed E-state index contributed by atoms with van der Waals surface area (Å²) < 4.78 is 59.8. The predicted octanol–water partition coefficient (Wildman–Crippen LogP) is 0.580. The third kappa shape index (κ3) is 6.75. The van der Waals surface area contributed by atoms with Gasteiger partial charge in [0.15, 0.2) is 6.10 Å². The molecule has 0 radical (unpaired) electrons. The van der Waals surface area contributed by atoms with E-state index in [9.17, 15) is 26.4 Å². The SMILES string of the molecule is COc1ccc(S(=O)(=O)N[C@@H](C)C(=O)OC(C)C(=O)Nc2cccc(S(N)(=O)=O)c2)cc1. The van der Waals surface area contributed by atoms with E-state index in [4.69, 9.17) is 14.6 Å². The van der Waals surface area contributed by atoms with E-state index in [2.05, 4.69) is 10.0 Å². The van der Waals surface area contributed by atoms with Gasteiger partial charge >= 0.3 is 5.97 Å². The first-order valence-corrected chi connectivity index (χ1v) is 12.2. The van der Waals surface area contributed by atoms with Crippen LogP contribution >= 0.6 is 0 Å². The molecule has 0 saturated heterocycles. The zero-order valence-corrected chi connectivity index (χ0v) is 19.1. The molecular weight excluding hydrogens is 462 g/mol. The van der Waals surface area contributed by atoms with Crippen LogP contribution in [0.5, 0.6) is 5.75 Å². The number of methoxy groups -OCH3 is 1. The van der Waals surface area contributed by atoms with Gasteiger partial charge in [0.25, 0.3) is 5.91 Å². The van der Waals surface area contributed by atoms with Gasteiger partial charge in [0, 0.05) is 5.69 Å². The van der Waals surface area contributed by atoms with Crippen LogP contribution in [-0.2, 0) is 34.4 Å². The largest absolute Gasteiger partial charge is 0.497 e. The molecule has 32 heavy (non-hydrogen) atoms. The van der Waals surface area contributed by atoms with Crippen molar-refractivity contribution in [2.45, 2.75) is 35.8 Å². The van der Waals surface area contributed by atoms with Gasteiger partial charge in [-0.25, -0.2) is 22.0 Å². The van der Waals surface area contributed by atoms with Gasteiger partial charge in [-0.05, 0) is 56.3 Å². The summed E-state index contributed by atoms with van der Waals surface area (Å²) in [6.45, 7) is 2.55. The summed E-state index contributed by atoms with van der Waals surface area (Å²) in [5.74, 6) is -1.27. The summed E-state index contributed by atoms with van der Waals surface area (Å²) in [7, 11) is -6.55. The third-order valence-corrected chi connectivity index (χ3v) is 6.62. The molecule has 1 amide bonds. The minimum absolute atomic E-state index is 0.0847. The highest BCUT2D eigenvalue weighted by molar-refractivity contribution is 7.89. The molecular formula is C19H23N3O8S2. The Bertz CT molecular complexity index is 1200. The van der Waals surface area contributed by atoms with Crippen LogP contribution in [0.25, 0.3) is 0 Å². The molecule has 4 N–H and O–H groups in total. The Morgan fingerprint density at radius 2 is 1.59 bits per heavy atom. The summed E-state index contributed by atoms with van der Waals surface area (Å²) in [6.07, 6.45) is -1.30.